The van der Waals surface area contributed by atoms with Gasteiger partial charge >= 0.3 is 0 Å². The van der Waals surface area contributed by atoms with E-state index in [0.717, 1.165) is 29.7 Å². The molecule has 0 aliphatic carbocycles. The summed E-state index contributed by atoms with van der Waals surface area (Å²) in [6.07, 6.45) is 5.37. The Labute approximate surface area is 186 Å². The maximum Gasteiger partial charge on any atom is 0.185 e. The van der Waals surface area contributed by atoms with E-state index in [0.29, 0.717) is 22.8 Å². The Morgan fingerprint density at radius 1 is 1.00 bits per heavy atom. The van der Waals surface area contributed by atoms with Crippen LogP contribution in [0.1, 0.15) is 69.4 Å². The van der Waals surface area contributed by atoms with Crippen molar-refractivity contribution < 1.29 is 19.0 Å². The zero-order chi connectivity index (χ0) is 23.0. The fourth-order valence-electron chi connectivity index (χ4n) is 3.09. The van der Waals surface area contributed by atoms with Crippen molar-refractivity contribution in [3.8, 4) is 17.2 Å². The van der Waals surface area contributed by atoms with Gasteiger partial charge in [0, 0.05) is 17.2 Å². The van der Waals surface area contributed by atoms with Gasteiger partial charge in [0.2, 0.25) is 0 Å². The fraction of sp³-hybridized carbons (Fsp3) is 0.370. The van der Waals surface area contributed by atoms with Crippen molar-refractivity contribution in [1.82, 2.24) is 0 Å². The van der Waals surface area contributed by atoms with E-state index in [1.54, 1.807) is 37.3 Å². The largest absolute Gasteiger partial charge is 0.491 e. The Hall–Kier alpha value is -3.01. The monoisotopic (exact) mass is 422 g/mol. The molecule has 0 bridgehead atoms. The molecular weight excluding hydrogens is 388 g/mol. The minimum atomic E-state index is -0.0862. The van der Waals surface area contributed by atoms with Crippen molar-refractivity contribution >= 4 is 11.9 Å². The normalized spacial score (nSPS) is 11.2. The lowest BCUT2D eigenvalue weighted by Crippen LogP contribution is -2.10. The van der Waals surface area contributed by atoms with Gasteiger partial charge in [-0.2, -0.15) is 0 Å². The van der Waals surface area contributed by atoms with Crippen LogP contribution in [-0.4, -0.2) is 18.0 Å². The first-order chi connectivity index (χ1) is 14.7. The van der Waals surface area contributed by atoms with Crippen molar-refractivity contribution in [3.63, 3.8) is 0 Å². The lowest BCUT2D eigenvalue weighted by atomic mass is 10.0. The molecule has 0 saturated heterocycles. The molecule has 0 unspecified atom stereocenters. The Bertz CT molecular complexity index is 921. The van der Waals surface area contributed by atoms with Crippen LogP contribution in [-0.2, 0) is 6.42 Å². The van der Waals surface area contributed by atoms with Crippen LogP contribution in [0.5, 0.6) is 17.2 Å². The number of benzene rings is 2. The second-order valence-electron chi connectivity index (χ2n) is 8.11. The molecule has 0 heterocycles. The van der Waals surface area contributed by atoms with Gasteiger partial charge in [0.05, 0.1) is 18.0 Å². The SMILES string of the molecule is C=C(C)Oc1ccc(C(=O)/C=C/c2cc(CCC)c(OC(C)C)cc2OC(C)C)cc1. The lowest BCUT2D eigenvalue weighted by molar-refractivity contribution is 0.104. The summed E-state index contributed by atoms with van der Waals surface area (Å²) in [5.74, 6) is 2.72. The van der Waals surface area contributed by atoms with Gasteiger partial charge in [0.25, 0.3) is 0 Å². The van der Waals surface area contributed by atoms with Gasteiger partial charge < -0.3 is 14.2 Å². The van der Waals surface area contributed by atoms with Gasteiger partial charge in [-0.15, -0.1) is 0 Å². The van der Waals surface area contributed by atoms with E-state index in [4.69, 9.17) is 14.2 Å². The van der Waals surface area contributed by atoms with Gasteiger partial charge in [-0.3, -0.25) is 4.79 Å². The Morgan fingerprint density at radius 2 is 1.61 bits per heavy atom. The molecule has 0 aliphatic rings. The number of ketones is 1. The zero-order valence-corrected chi connectivity index (χ0v) is 19.5. The van der Waals surface area contributed by atoms with Crippen LogP contribution in [0.4, 0.5) is 0 Å². The molecule has 0 N–H and O–H groups in total. The maximum atomic E-state index is 12.7. The van der Waals surface area contributed by atoms with Gasteiger partial charge in [-0.25, -0.2) is 0 Å². The molecule has 31 heavy (non-hydrogen) atoms. The summed E-state index contributed by atoms with van der Waals surface area (Å²) in [6.45, 7) is 15.6. The molecule has 0 fully saturated rings. The average molecular weight is 423 g/mol. The van der Waals surface area contributed by atoms with Crippen LogP contribution in [0.15, 0.2) is 54.8 Å². The van der Waals surface area contributed by atoms with Crippen LogP contribution in [0.2, 0.25) is 0 Å². The van der Waals surface area contributed by atoms with Gasteiger partial charge in [-0.1, -0.05) is 19.9 Å². The molecule has 4 nitrogen and oxygen atoms in total. The van der Waals surface area contributed by atoms with Crippen LogP contribution in [0.25, 0.3) is 6.08 Å². The number of ether oxygens (including phenoxy) is 3. The van der Waals surface area contributed by atoms with E-state index in [1.165, 1.54) is 0 Å². The summed E-state index contributed by atoms with van der Waals surface area (Å²) >= 11 is 0. The van der Waals surface area contributed by atoms with E-state index in [1.807, 2.05) is 39.8 Å². The maximum absolute atomic E-state index is 12.7. The number of rotatable bonds is 11. The Kier molecular flexibility index (Phi) is 8.92. The van der Waals surface area contributed by atoms with Crippen molar-refractivity contribution in [2.75, 3.05) is 0 Å². The van der Waals surface area contributed by atoms with E-state index >= 15 is 0 Å². The Balaban J connectivity index is 2.33. The number of hydrogen-bond donors (Lipinski definition) is 0. The number of carbonyl (C=O) groups is 1. The molecule has 0 radical (unpaired) electrons. The molecule has 2 aromatic carbocycles. The standard InChI is InChI=1S/C27H34O4/c1-8-9-22-16-23(27(31-20(6)7)17-26(22)30-19(4)5)12-15-25(28)21-10-13-24(14-11-21)29-18(2)3/h10-17,19-20H,2,8-9H2,1,3-7H3/b15-12+. The van der Waals surface area contributed by atoms with Crippen molar-refractivity contribution in [2.45, 2.75) is 66.6 Å². The number of aryl methyl sites for hydroxylation is 1. The molecule has 0 aromatic heterocycles. The zero-order valence-electron chi connectivity index (χ0n) is 19.5. The third-order valence-electron chi connectivity index (χ3n) is 4.28. The van der Waals surface area contributed by atoms with Crippen LogP contribution in [0, 0.1) is 0 Å². The lowest BCUT2D eigenvalue weighted by Gasteiger charge is -2.19. The summed E-state index contributed by atoms with van der Waals surface area (Å²) in [5, 5.41) is 0. The topological polar surface area (TPSA) is 44.8 Å². The van der Waals surface area contributed by atoms with Crippen LogP contribution < -0.4 is 14.2 Å². The summed E-state index contributed by atoms with van der Waals surface area (Å²) < 4.78 is 17.5. The van der Waals surface area contributed by atoms with Crippen molar-refractivity contribution in [2.24, 2.45) is 0 Å². The van der Waals surface area contributed by atoms with E-state index in [9.17, 15) is 4.79 Å². The van der Waals surface area contributed by atoms with Gasteiger partial charge in [0.1, 0.15) is 17.2 Å². The first kappa shape index (κ1) is 24.3. The second kappa shape index (κ2) is 11.4. The van der Waals surface area contributed by atoms with Crippen LogP contribution >= 0.6 is 0 Å². The third kappa shape index (κ3) is 7.63. The number of allylic oxidation sites excluding steroid dienone is 2. The van der Waals surface area contributed by atoms with Crippen molar-refractivity contribution in [3.05, 3.63) is 71.5 Å². The molecule has 2 rings (SSSR count). The molecule has 2 aromatic rings. The highest BCUT2D eigenvalue weighted by Gasteiger charge is 2.13. The molecular formula is C27H34O4. The molecule has 166 valence electrons. The van der Waals surface area contributed by atoms with E-state index in [2.05, 4.69) is 19.6 Å². The van der Waals surface area contributed by atoms with Crippen molar-refractivity contribution in [1.29, 1.82) is 0 Å². The van der Waals surface area contributed by atoms with E-state index in [-0.39, 0.29) is 18.0 Å². The highest BCUT2D eigenvalue weighted by atomic mass is 16.5. The summed E-state index contributed by atoms with van der Waals surface area (Å²) in [4.78, 5) is 12.7. The molecule has 0 amide bonds. The van der Waals surface area contributed by atoms with Gasteiger partial charge in [-0.05, 0) is 89.1 Å². The molecule has 0 spiro atoms. The first-order valence-electron chi connectivity index (χ1n) is 10.9. The molecule has 0 atom stereocenters. The first-order valence-corrected chi connectivity index (χ1v) is 10.9. The molecule has 4 heteroatoms. The molecule has 0 aliphatic heterocycles. The summed E-state index contributed by atoms with van der Waals surface area (Å²) in [6, 6.07) is 11.0. The second-order valence-corrected chi connectivity index (χ2v) is 8.11. The third-order valence-corrected chi connectivity index (χ3v) is 4.28. The summed E-state index contributed by atoms with van der Waals surface area (Å²) in [7, 11) is 0. The minimum absolute atomic E-state index is 0.00707. The highest BCUT2D eigenvalue weighted by molar-refractivity contribution is 6.07. The predicted molar refractivity (Wildman–Crippen MR) is 127 cm³/mol. The number of hydrogen-bond acceptors (Lipinski definition) is 4. The minimum Gasteiger partial charge on any atom is -0.491 e. The van der Waals surface area contributed by atoms with Gasteiger partial charge in [0.15, 0.2) is 5.78 Å². The van der Waals surface area contributed by atoms with Crippen LogP contribution in [0.3, 0.4) is 0 Å². The number of carbonyl (C=O) groups excluding carboxylic acids is 1. The predicted octanol–water partition coefficient (Wildman–Crippen LogP) is 7.02. The smallest absolute Gasteiger partial charge is 0.185 e. The summed E-state index contributed by atoms with van der Waals surface area (Å²) in [5.41, 5.74) is 2.56. The highest BCUT2D eigenvalue weighted by Crippen LogP contribution is 2.33. The quantitative estimate of drug-likeness (QED) is 0.222. The average Bonchev–Trinajstić information content (AvgIpc) is 2.68. The fourth-order valence-corrected chi connectivity index (χ4v) is 3.09. The van der Waals surface area contributed by atoms with E-state index < -0.39 is 0 Å². The Morgan fingerprint density at radius 3 is 2.16 bits per heavy atom. The molecule has 0 saturated carbocycles.